The Morgan fingerprint density at radius 3 is 3.00 bits per heavy atom. The number of carbonyl (C=O) groups is 1. The Labute approximate surface area is 64.4 Å². The van der Waals surface area contributed by atoms with E-state index in [4.69, 9.17) is 5.84 Å². The van der Waals surface area contributed by atoms with E-state index in [1.54, 1.807) is 12.3 Å². The Bertz CT molecular complexity index is 272. The van der Waals surface area contributed by atoms with Gasteiger partial charge in [-0.3, -0.25) is 15.2 Å². The van der Waals surface area contributed by atoms with Crippen LogP contribution < -0.4 is 11.3 Å². The second-order valence-corrected chi connectivity index (χ2v) is 2.16. The first-order chi connectivity index (χ1) is 5.25. The molecule has 0 saturated carbocycles. The maximum Gasteiger partial charge on any atom is 0.267 e. The minimum Gasteiger partial charge on any atom is -0.290 e. The lowest BCUT2D eigenvalue weighted by atomic mass is 10.1. The zero-order valence-electron chi connectivity index (χ0n) is 6.16. The monoisotopic (exact) mass is 151 g/mol. The van der Waals surface area contributed by atoms with Gasteiger partial charge in [0.2, 0.25) is 0 Å². The lowest BCUT2D eigenvalue weighted by molar-refractivity contribution is 0.0952. The van der Waals surface area contributed by atoms with E-state index >= 15 is 0 Å². The summed E-state index contributed by atoms with van der Waals surface area (Å²) in [6, 6.07) is 1.75. The molecule has 1 rings (SSSR count). The van der Waals surface area contributed by atoms with Gasteiger partial charge in [-0.25, -0.2) is 5.84 Å². The van der Waals surface area contributed by atoms with Crippen LogP contribution in [-0.4, -0.2) is 10.9 Å². The highest BCUT2D eigenvalue weighted by Crippen LogP contribution is 2.03. The van der Waals surface area contributed by atoms with E-state index in [-0.39, 0.29) is 5.91 Å². The fourth-order valence-corrected chi connectivity index (χ4v) is 0.779. The van der Waals surface area contributed by atoms with Gasteiger partial charge in [0.1, 0.15) is 0 Å². The van der Waals surface area contributed by atoms with Gasteiger partial charge < -0.3 is 0 Å². The number of nitrogens with two attached hydrogens (primary N) is 1. The van der Waals surface area contributed by atoms with E-state index in [2.05, 4.69) is 4.98 Å². The number of nitrogen functional groups attached to an aromatic ring is 1. The molecule has 0 bridgehead atoms. The molecule has 1 aromatic heterocycles. The third kappa shape index (κ3) is 1.53. The van der Waals surface area contributed by atoms with E-state index in [1.807, 2.05) is 12.3 Å². The zero-order chi connectivity index (χ0) is 8.27. The first-order valence-corrected chi connectivity index (χ1v) is 3.17. The minimum absolute atomic E-state index is 0.310. The van der Waals surface area contributed by atoms with Crippen molar-refractivity contribution in [2.45, 2.75) is 6.92 Å². The van der Waals surface area contributed by atoms with E-state index in [0.717, 1.165) is 5.56 Å². The summed E-state index contributed by atoms with van der Waals surface area (Å²) in [5, 5.41) is 0. The maximum absolute atomic E-state index is 11.0. The number of rotatable bonds is 1. The third-order valence-corrected chi connectivity index (χ3v) is 1.41. The molecule has 0 aliphatic heterocycles. The summed E-state index contributed by atoms with van der Waals surface area (Å²) in [7, 11) is 0. The Hall–Kier alpha value is -1.42. The van der Waals surface area contributed by atoms with Crippen molar-refractivity contribution in [3.8, 4) is 0 Å². The summed E-state index contributed by atoms with van der Waals surface area (Å²) in [6.45, 7) is 1.83. The van der Waals surface area contributed by atoms with Crippen molar-refractivity contribution in [3.63, 3.8) is 0 Å². The van der Waals surface area contributed by atoms with Gasteiger partial charge in [0.25, 0.3) is 5.91 Å². The molecule has 3 N–H and O–H groups in total. The van der Waals surface area contributed by atoms with Crippen molar-refractivity contribution >= 4 is 5.91 Å². The first kappa shape index (κ1) is 7.68. The topological polar surface area (TPSA) is 68.0 Å². The molecule has 11 heavy (non-hydrogen) atoms. The van der Waals surface area contributed by atoms with Crippen LogP contribution in [0.3, 0.4) is 0 Å². The highest BCUT2D eigenvalue weighted by Gasteiger charge is 2.05. The normalized spacial score (nSPS) is 9.27. The average molecular weight is 151 g/mol. The number of hydrazine groups is 1. The molecule has 0 aromatic carbocycles. The number of hydrogen-bond acceptors (Lipinski definition) is 3. The van der Waals surface area contributed by atoms with Crippen LogP contribution in [0, 0.1) is 6.92 Å². The van der Waals surface area contributed by atoms with Crippen LogP contribution in [0.5, 0.6) is 0 Å². The van der Waals surface area contributed by atoms with Crippen molar-refractivity contribution in [1.29, 1.82) is 0 Å². The quantitative estimate of drug-likeness (QED) is 0.337. The summed E-state index contributed by atoms with van der Waals surface area (Å²) >= 11 is 0. The largest absolute Gasteiger partial charge is 0.290 e. The molecular weight excluding hydrogens is 142 g/mol. The lowest BCUT2D eigenvalue weighted by Gasteiger charge is -2.00. The van der Waals surface area contributed by atoms with Crippen LogP contribution in [0.4, 0.5) is 0 Å². The molecule has 0 atom stereocenters. The first-order valence-electron chi connectivity index (χ1n) is 3.17. The van der Waals surface area contributed by atoms with Gasteiger partial charge in [-0.2, -0.15) is 0 Å². The molecule has 1 aromatic rings. The number of aromatic nitrogens is 1. The lowest BCUT2D eigenvalue weighted by Crippen LogP contribution is -2.30. The molecule has 0 aliphatic carbocycles. The van der Waals surface area contributed by atoms with E-state index in [9.17, 15) is 4.79 Å². The Kier molecular flexibility index (Phi) is 2.18. The molecule has 0 radical (unpaired) electrons. The molecule has 4 heteroatoms. The number of nitrogens with zero attached hydrogens (tertiary/aromatic N) is 1. The molecular formula is C7H9N3O. The highest BCUT2D eigenvalue weighted by atomic mass is 16.2. The second-order valence-electron chi connectivity index (χ2n) is 2.16. The Balaban J connectivity index is 3.03. The number of pyridine rings is 1. The van der Waals surface area contributed by atoms with Crippen LogP contribution in [0.2, 0.25) is 0 Å². The van der Waals surface area contributed by atoms with Crippen molar-refractivity contribution in [3.05, 3.63) is 29.6 Å². The van der Waals surface area contributed by atoms with Crippen LogP contribution in [0.15, 0.2) is 18.5 Å². The van der Waals surface area contributed by atoms with Gasteiger partial charge >= 0.3 is 0 Å². The molecule has 1 heterocycles. The van der Waals surface area contributed by atoms with E-state index in [1.165, 1.54) is 6.20 Å². The molecule has 4 nitrogen and oxygen atoms in total. The Morgan fingerprint density at radius 1 is 1.73 bits per heavy atom. The van der Waals surface area contributed by atoms with Gasteiger partial charge in [0, 0.05) is 12.4 Å². The fraction of sp³-hybridized carbons (Fsp3) is 0.143. The average Bonchev–Trinajstić information content (AvgIpc) is 2.04. The summed E-state index contributed by atoms with van der Waals surface area (Å²) < 4.78 is 0. The van der Waals surface area contributed by atoms with Crippen molar-refractivity contribution in [1.82, 2.24) is 10.4 Å². The number of aryl methyl sites for hydroxylation is 1. The predicted octanol–water partition coefficient (Wildman–Crippen LogP) is -0.00648. The molecule has 0 aliphatic rings. The fourth-order valence-electron chi connectivity index (χ4n) is 0.779. The van der Waals surface area contributed by atoms with Gasteiger partial charge in [-0.1, -0.05) is 0 Å². The van der Waals surface area contributed by atoms with Crippen LogP contribution in [-0.2, 0) is 0 Å². The standard InChI is InChI=1S/C7H9N3O/c1-5-2-3-9-4-6(5)7(11)10-8/h2-4H,8H2,1H3,(H,10,11). The minimum atomic E-state index is -0.310. The summed E-state index contributed by atoms with van der Waals surface area (Å²) in [5.41, 5.74) is 3.42. The van der Waals surface area contributed by atoms with Crippen LogP contribution in [0.25, 0.3) is 0 Å². The highest BCUT2D eigenvalue weighted by molar-refractivity contribution is 5.94. The number of amides is 1. The summed E-state index contributed by atoms with van der Waals surface area (Å²) in [6.07, 6.45) is 3.11. The summed E-state index contributed by atoms with van der Waals surface area (Å²) in [5.74, 6) is 4.64. The molecule has 0 spiro atoms. The van der Waals surface area contributed by atoms with Gasteiger partial charge in [0.15, 0.2) is 0 Å². The number of nitrogens with one attached hydrogen (secondary N) is 1. The van der Waals surface area contributed by atoms with E-state index < -0.39 is 0 Å². The van der Waals surface area contributed by atoms with Gasteiger partial charge in [-0.15, -0.1) is 0 Å². The SMILES string of the molecule is Cc1ccncc1C(=O)NN. The van der Waals surface area contributed by atoms with Crippen LogP contribution >= 0.6 is 0 Å². The van der Waals surface area contributed by atoms with E-state index in [0.29, 0.717) is 5.56 Å². The van der Waals surface area contributed by atoms with Crippen molar-refractivity contribution in [2.24, 2.45) is 5.84 Å². The van der Waals surface area contributed by atoms with Gasteiger partial charge in [0.05, 0.1) is 5.56 Å². The third-order valence-electron chi connectivity index (χ3n) is 1.41. The molecule has 0 fully saturated rings. The second kappa shape index (κ2) is 3.12. The molecule has 58 valence electrons. The predicted molar refractivity (Wildman–Crippen MR) is 40.6 cm³/mol. The van der Waals surface area contributed by atoms with Gasteiger partial charge in [-0.05, 0) is 18.6 Å². The van der Waals surface area contributed by atoms with Crippen molar-refractivity contribution < 1.29 is 4.79 Å². The summed E-state index contributed by atoms with van der Waals surface area (Å²) in [4.78, 5) is 14.8. The van der Waals surface area contributed by atoms with Crippen LogP contribution in [0.1, 0.15) is 15.9 Å². The molecule has 1 amide bonds. The zero-order valence-corrected chi connectivity index (χ0v) is 6.16. The molecule has 0 unspecified atom stereocenters. The smallest absolute Gasteiger partial charge is 0.267 e. The maximum atomic E-state index is 11.0. The Morgan fingerprint density at radius 2 is 2.45 bits per heavy atom. The number of hydrogen-bond donors (Lipinski definition) is 2. The van der Waals surface area contributed by atoms with Crippen molar-refractivity contribution in [2.75, 3.05) is 0 Å². The number of carbonyl (C=O) groups excluding carboxylic acids is 1. The molecule has 0 saturated heterocycles.